The highest BCUT2D eigenvalue weighted by Gasteiger charge is 2.35. The number of alkyl halides is 3. The van der Waals surface area contributed by atoms with Gasteiger partial charge in [0.05, 0.1) is 0 Å². The third-order valence-corrected chi connectivity index (χ3v) is 3.57. The summed E-state index contributed by atoms with van der Waals surface area (Å²) >= 11 is 5.61. The standard InChI is InChI=1S/C12H16ClF3N4/c1-2-20-5-3-4-8(20)7-17-10-6-9(13)18-11(19-10)12(14,15)16/h6,8H,2-5,7H2,1H3,(H,17,18,19). The number of hydrogen-bond donors (Lipinski definition) is 1. The SMILES string of the molecule is CCN1CCCC1CNc1cc(Cl)nc(C(F)(F)F)n1. The van der Waals surface area contributed by atoms with E-state index < -0.39 is 12.0 Å². The average molecular weight is 309 g/mol. The van der Waals surface area contributed by atoms with E-state index in [2.05, 4.69) is 27.1 Å². The first-order valence-electron chi connectivity index (χ1n) is 6.50. The first-order valence-corrected chi connectivity index (χ1v) is 6.87. The number of hydrogen-bond acceptors (Lipinski definition) is 4. The Morgan fingerprint density at radius 2 is 2.20 bits per heavy atom. The largest absolute Gasteiger partial charge is 0.451 e. The van der Waals surface area contributed by atoms with Gasteiger partial charge >= 0.3 is 6.18 Å². The van der Waals surface area contributed by atoms with Crippen LogP contribution in [0.5, 0.6) is 0 Å². The van der Waals surface area contributed by atoms with Gasteiger partial charge in [-0.3, -0.25) is 4.90 Å². The van der Waals surface area contributed by atoms with Crippen LogP contribution < -0.4 is 5.32 Å². The number of likely N-dealkylation sites (tertiary alicyclic amines) is 1. The van der Waals surface area contributed by atoms with E-state index in [4.69, 9.17) is 11.6 Å². The van der Waals surface area contributed by atoms with E-state index in [1.54, 1.807) is 0 Å². The first-order chi connectivity index (χ1) is 9.40. The van der Waals surface area contributed by atoms with E-state index in [1.165, 1.54) is 6.07 Å². The summed E-state index contributed by atoms with van der Waals surface area (Å²) in [6.07, 6.45) is -2.45. The first kappa shape index (κ1) is 15.3. The minimum absolute atomic E-state index is 0.111. The van der Waals surface area contributed by atoms with Gasteiger partial charge in [0.2, 0.25) is 5.82 Å². The van der Waals surface area contributed by atoms with Crippen LogP contribution >= 0.6 is 11.6 Å². The summed E-state index contributed by atoms with van der Waals surface area (Å²) in [4.78, 5) is 8.95. The molecule has 1 atom stereocenters. The monoisotopic (exact) mass is 308 g/mol. The topological polar surface area (TPSA) is 41.0 Å². The highest BCUT2D eigenvalue weighted by Crippen LogP contribution is 2.28. The van der Waals surface area contributed by atoms with Gasteiger partial charge in [0, 0.05) is 18.7 Å². The van der Waals surface area contributed by atoms with E-state index in [-0.39, 0.29) is 11.0 Å². The van der Waals surface area contributed by atoms with Gasteiger partial charge in [-0.1, -0.05) is 18.5 Å². The fourth-order valence-electron chi connectivity index (χ4n) is 2.40. The smallest absolute Gasteiger partial charge is 0.368 e. The van der Waals surface area contributed by atoms with Crippen molar-refractivity contribution in [2.24, 2.45) is 0 Å². The lowest BCUT2D eigenvalue weighted by molar-refractivity contribution is -0.144. The number of halogens is 4. The van der Waals surface area contributed by atoms with Crippen LogP contribution in [0.2, 0.25) is 5.15 Å². The molecule has 1 N–H and O–H groups in total. The normalized spacial score (nSPS) is 20.4. The molecule has 0 spiro atoms. The predicted molar refractivity (Wildman–Crippen MR) is 70.8 cm³/mol. The highest BCUT2D eigenvalue weighted by atomic mass is 35.5. The number of aromatic nitrogens is 2. The fraction of sp³-hybridized carbons (Fsp3) is 0.667. The molecule has 1 aliphatic heterocycles. The van der Waals surface area contributed by atoms with Gasteiger partial charge in [0.25, 0.3) is 0 Å². The fourth-order valence-corrected chi connectivity index (χ4v) is 2.58. The minimum Gasteiger partial charge on any atom is -0.368 e. The second-order valence-electron chi connectivity index (χ2n) is 4.70. The molecule has 0 bridgehead atoms. The molecule has 0 radical (unpaired) electrons. The quantitative estimate of drug-likeness (QED) is 0.868. The van der Waals surface area contributed by atoms with Gasteiger partial charge in [-0.15, -0.1) is 0 Å². The predicted octanol–water partition coefficient (Wildman–Crippen LogP) is 3.05. The van der Waals surface area contributed by atoms with Gasteiger partial charge < -0.3 is 5.32 Å². The van der Waals surface area contributed by atoms with Gasteiger partial charge in [-0.2, -0.15) is 13.2 Å². The van der Waals surface area contributed by atoms with Crippen molar-refractivity contribution in [3.8, 4) is 0 Å². The van der Waals surface area contributed by atoms with Crippen LogP contribution in [-0.2, 0) is 6.18 Å². The molecule has 0 aliphatic carbocycles. The van der Waals surface area contributed by atoms with Gasteiger partial charge in [-0.05, 0) is 25.9 Å². The summed E-state index contributed by atoms with van der Waals surface area (Å²) < 4.78 is 37.8. The zero-order valence-corrected chi connectivity index (χ0v) is 11.8. The van der Waals surface area contributed by atoms with Crippen LogP contribution in [0.25, 0.3) is 0 Å². The van der Waals surface area contributed by atoms with Crippen molar-refractivity contribution >= 4 is 17.4 Å². The van der Waals surface area contributed by atoms with Crippen molar-refractivity contribution in [3.63, 3.8) is 0 Å². The van der Waals surface area contributed by atoms with Crippen LogP contribution in [0, 0.1) is 0 Å². The Morgan fingerprint density at radius 3 is 2.85 bits per heavy atom. The van der Waals surface area contributed by atoms with Gasteiger partial charge in [0.1, 0.15) is 11.0 Å². The van der Waals surface area contributed by atoms with Crippen LogP contribution in [0.1, 0.15) is 25.6 Å². The van der Waals surface area contributed by atoms with Crippen molar-refractivity contribution in [2.75, 3.05) is 25.0 Å². The van der Waals surface area contributed by atoms with Crippen molar-refractivity contribution in [1.29, 1.82) is 0 Å². The van der Waals surface area contributed by atoms with E-state index in [0.29, 0.717) is 12.6 Å². The molecule has 1 unspecified atom stereocenters. The minimum atomic E-state index is -4.59. The Bertz CT molecular complexity index is 467. The Kier molecular flexibility index (Phi) is 4.70. The molecule has 20 heavy (non-hydrogen) atoms. The maximum Gasteiger partial charge on any atom is 0.451 e. The number of nitrogens with zero attached hydrogens (tertiary/aromatic N) is 3. The molecular weight excluding hydrogens is 293 g/mol. The lowest BCUT2D eigenvalue weighted by atomic mass is 10.2. The molecule has 1 aromatic heterocycles. The lowest BCUT2D eigenvalue weighted by Crippen LogP contribution is -2.34. The maximum absolute atomic E-state index is 12.6. The van der Waals surface area contributed by atoms with E-state index in [0.717, 1.165) is 25.9 Å². The number of nitrogens with one attached hydrogen (secondary N) is 1. The van der Waals surface area contributed by atoms with Crippen molar-refractivity contribution in [2.45, 2.75) is 32.0 Å². The summed E-state index contributed by atoms with van der Waals surface area (Å²) in [6, 6.07) is 1.63. The summed E-state index contributed by atoms with van der Waals surface area (Å²) in [5.74, 6) is -1.11. The van der Waals surface area contributed by atoms with Crippen LogP contribution in [0.4, 0.5) is 19.0 Å². The lowest BCUT2D eigenvalue weighted by Gasteiger charge is -2.23. The van der Waals surface area contributed by atoms with E-state index >= 15 is 0 Å². The van der Waals surface area contributed by atoms with Crippen LogP contribution in [-0.4, -0.2) is 40.5 Å². The molecule has 0 amide bonds. The molecule has 4 nitrogen and oxygen atoms in total. The molecule has 112 valence electrons. The molecular formula is C12H16ClF3N4. The Labute approximate surface area is 120 Å². The van der Waals surface area contributed by atoms with Crippen molar-refractivity contribution in [1.82, 2.24) is 14.9 Å². The van der Waals surface area contributed by atoms with E-state index in [9.17, 15) is 13.2 Å². The molecule has 1 saturated heterocycles. The molecule has 2 heterocycles. The molecule has 2 rings (SSSR count). The Hall–Kier alpha value is -1.08. The second-order valence-corrected chi connectivity index (χ2v) is 5.09. The zero-order valence-electron chi connectivity index (χ0n) is 11.0. The maximum atomic E-state index is 12.6. The second kappa shape index (κ2) is 6.13. The summed E-state index contributed by atoms with van der Waals surface area (Å²) in [5.41, 5.74) is 0. The summed E-state index contributed by atoms with van der Waals surface area (Å²) in [5, 5.41) is 2.71. The van der Waals surface area contributed by atoms with Gasteiger partial charge in [0.15, 0.2) is 0 Å². The average Bonchev–Trinajstić information content (AvgIpc) is 2.82. The molecule has 1 fully saturated rings. The number of rotatable bonds is 4. The molecule has 1 aliphatic rings. The zero-order chi connectivity index (χ0) is 14.8. The Balaban J connectivity index is 2.04. The molecule has 1 aromatic rings. The third-order valence-electron chi connectivity index (χ3n) is 3.37. The van der Waals surface area contributed by atoms with E-state index in [1.807, 2.05) is 0 Å². The van der Waals surface area contributed by atoms with Crippen LogP contribution in [0.3, 0.4) is 0 Å². The number of anilines is 1. The third kappa shape index (κ3) is 3.73. The molecule has 0 saturated carbocycles. The number of likely N-dealkylation sites (N-methyl/N-ethyl adjacent to an activating group) is 1. The van der Waals surface area contributed by atoms with Gasteiger partial charge in [-0.25, -0.2) is 9.97 Å². The van der Waals surface area contributed by atoms with Crippen LogP contribution in [0.15, 0.2) is 6.07 Å². The molecule has 0 aromatic carbocycles. The highest BCUT2D eigenvalue weighted by molar-refractivity contribution is 6.29. The van der Waals surface area contributed by atoms with Crippen molar-refractivity contribution < 1.29 is 13.2 Å². The van der Waals surface area contributed by atoms with Crippen molar-refractivity contribution in [3.05, 3.63) is 17.0 Å². The summed E-state index contributed by atoms with van der Waals surface area (Å²) in [7, 11) is 0. The molecule has 8 heteroatoms. The summed E-state index contributed by atoms with van der Waals surface area (Å²) in [6.45, 7) is 4.59. The Morgan fingerprint density at radius 1 is 1.45 bits per heavy atom.